The minimum atomic E-state index is -1.01. The first-order chi connectivity index (χ1) is 12.9. The van der Waals surface area contributed by atoms with Gasteiger partial charge in [-0.15, -0.1) is 0 Å². The van der Waals surface area contributed by atoms with Gasteiger partial charge in [-0.3, -0.25) is 19.3 Å². The number of esters is 1. The summed E-state index contributed by atoms with van der Waals surface area (Å²) >= 11 is 3.29. The molecular weight excluding hydrogens is 414 g/mol. The largest absolute Gasteiger partial charge is 0.456 e. The maximum atomic E-state index is 12.8. The third-order valence-electron chi connectivity index (χ3n) is 6.20. The number of fused-ring (bicyclic) bond motifs is 5. The summed E-state index contributed by atoms with van der Waals surface area (Å²) in [5.74, 6) is -1.56. The van der Waals surface area contributed by atoms with Gasteiger partial charge in [0.05, 0.1) is 11.8 Å². The fraction of sp³-hybridized carbons (Fsp3) is 0.500. The van der Waals surface area contributed by atoms with Gasteiger partial charge in [-0.25, -0.2) is 4.79 Å². The zero-order chi connectivity index (χ0) is 19.3. The average molecular weight is 434 g/mol. The molecule has 3 aliphatic rings. The average Bonchev–Trinajstić information content (AvgIpc) is 3.33. The van der Waals surface area contributed by atoms with Crippen molar-refractivity contribution in [3.05, 3.63) is 34.3 Å². The number of benzene rings is 1. The maximum Gasteiger partial charge on any atom is 0.329 e. The Morgan fingerprint density at radius 3 is 2.22 bits per heavy atom. The van der Waals surface area contributed by atoms with Crippen molar-refractivity contribution >= 4 is 39.5 Å². The number of hydrogen-bond donors (Lipinski definition) is 0. The van der Waals surface area contributed by atoms with E-state index in [2.05, 4.69) is 15.9 Å². The summed E-state index contributed by atoms with van der Waals surface area (Å²) in [6.45, 7) is 1.07. The van der Waals surface area contributed by atoms with Crippen LogP contribution in [0.4, 0.5) is 0 Å². The normalized spacial score (nSPS) is 29.8. The lowest BCUT2D eigenvalue weighted by Crippen LogP contribution is -2.45. The van der Waals surface area contributed by atoms with Crippen molar-refractivity contribution in [1.82, 2.24) is 4.90 Å². The Kier molecular flexibility index (Phi) is 4.66. The second kappa shape index (κ2) is 6.86. The van der Waals surface area contributed by atoms with E-state index in [1.165, 1.54) is 6.92 Å². The third-order valence-corrected chi connectivity index (χ3v) is 6.73. The highest BCUT2D eigenvalue weighted by molar-refractivity contribution is 9.10. The zero-order valence-electron chi connectivity index (χ0n) is 14.9. The molecular formula is C20H20BrNO5. The van der Waals surface area contributed by atoms with E-state index < -0.39 is 18.6 Å². The third kappa shape index (κ3) is 3.02. The van der Waals surface area contributed by atoms with E-state index in [-0.39, 0.29) is 41.3 Å². The molecule has 1 saturated heterocycles. The zero-order valence-corrected chi connectivity index (χ0v) is 16.5. The minimum absolute atomic E-state index is 0.249. The Morgan fingerprint density at radius 2 is 1.67 bits per heavy atom. The molecule has 0 radical (unpaired) electrons. The Balaban J connectivity index is 1.39. The molecule has 1 heterocycles. The van der Waals surface area contributed by atoms with Gasteiger partial charge in [0.15, 0.2) is 12.4 Å². The molecule has 1 unspecified atom stereocenters. The lowest BCUT2D eigenvalue weighted by Gasteiger charge is -2.22. The molecule has 6 nitrogen and oxygen atoms in total. The Morgan fingerprint density at radius 1 is 1.11 bits per heavy atom. The highest BCUT2D eigenvalue weighted by Crippen LogP contribution is 2.56. The van der Waals surface area contributed by atoms with Crippen LogP contribution in [-0.4, -0.2) is 41.1 Å². The molecule has 2 aliphatic carbocycles. The second-order valence-corrected chi connectivity index (χ2v) is 8.56. The van der Waals surface area contributed by atoms with Crippen molar-refractivity contribution in [3.8, 4) is 0 Å². The molecule has 0 aromatic heterocycles. The van der Waals surface area contributed by atoms with E-state index >= 15 is 0 Å². The molecule has 3 fully saturated rings. The number of likely N-dealkylation sites (tertiary alicyclic amines) is 1. The summed E-state index contributed by atoms with van der Waals surface area (Å²) in [4.78, 5) is 51.1. The van der Waals surface area contributed by atoms with Crippen molar-refractivity contribution in [2.75, 3.05) is 6.61 Å². The standard InChI is InChI=1S/C20H20BrNO5/c1-10(20(26)27-9-15(23)11-4-6-14(21)7-5-11)22-18(24)16-12-2-3-13(8-12)17(16)19(22)25/h4-7,10,12-13,16-17H,2-3,8-9H2,1H3/t10?,12-,13+,16+,17-. The van der Waals surface area contributed by atoms with Crippen molar-refractivity contribution in [2.45, 2.75) is 32.2 Å². The van der Waals surface area contributed by atoms with E-state index in [0.29, 0.717) is 5.56 Å². The lowest BCUT2D eigenvalue weighted by atomic mass is 9.81. The summed E-state index contributed by atoms with van der Waals surface area (Å²) < 4.78 is 5.95. The maximum absolute atomic E-state index is 12.8. The van der Waals surface area contributed by atoms with E-state index in [4.69, 9.17) is 4.74 Å². The molecule has 2 bridgehead atoms. The van der Waals surface area contributed by atoms with E-state index in [1.807, 2.05) is 0 Å². The number of hydrogen-bond acceptors (Lipinski definition) is 5. The quantitative estimate of drug-likeness (QED) is 0.404. The Bertz CT molecular complexity index is 792. The van der Waals surface area contributed by atoms with Crippen LogP contribution in [0.25, 0.3) is 0 Å². The molecule has 1 aliphatic heterocycles. The van der Waals surface area contributed by atoms with Crippen molar-refractivity contribution < 1.29 is 23.9 Å². The van der Waals surface area contributed by atoms with Gasteiger partial charge >= 0.3 is 5.97 Å². The number of ether oxygens (including phenoxy) is 1. The molecule has 0 spiro atoms. The lowest BCUT2D eigenvalue weighted by molar-refractivity contribution is -0.157. The van der Waals surface area contributed by atoms with E-state index in [1.54, 1.807) is 24.3 Å². The number of halogens is 1. The minimum Gasteiger partial charge on any atom is -0.456 e. The van der Waals surface area contributed by atoms with Crippen LogP contribution in [-0.2, 0) is 19.1 Å². The van der Waals surface area contributed by atoms with Crippen molar-refractivity contribution in [2.24, 2.45) is 23.7 Å². The van der Waals surface area contributed by atoms with Gasteiger partial charge < -0.3 is 4.74 Å². The Hall–Kier alpha value is -2.02. The van der Waals surface area contributed by atoms with Crippen LogP contribution >= 0.6 is 15.9 Å². The number of carbonyl (C=O) groups excluding carboxylic acids is 4. The van der Waals surface area contributed by atoms with Gasteiger partial charge in [-0.05, 0) is 50.2 Å². The number of amides is 2. The first kappa shape index (κ1) is 18.3. The van der Waals surface area contributed by atoms with Gasteiger partial charge in [0.1, 0.15) is 6.04 Å². The summed E-state index contributed by atoms with van der Waals surface area (Å²) in [7, 11) is 0. The highest BCUT2D eigenvalue weighted by atomic mass is 79.9. The van der Waals surface area contributed by atoms with Crippen LogP contribution in [0.15, 0.2) is 28.7 Å². The molecule has 1 aromatic rings. The SMILES string of the molecule is CC(C(=O)OCC(=O)c1ccc(Br)cc1)N1C(=O)[C@@H]2[C@H]3CC[C@H](C3)[C@@H]2C1=O. The van der Waals surface area contributed by atoms with Gasteiger partial charge in [0.25, 0.3) is 0 Å². The van der Waals surface area contributed by atoms with Gasteiger partial charge in [0.2, 0.25) is 11.8 Å². The van der Waals surface area contributed by atoms with Crippen LogP contribution in [0.5, 0.6) is 0 Å². The predicted molar refractivity (Wildman–Crippen MR) is 98.6 cm³/mol. The Labute approximate surface area is 165 Å². The van der Waals surface area contributed by atoms with E-state index in [0.717, 1.165) is 28.6 Å². The molecule has 2 saturated carbocycles. The smallest absolute Gasteiger partial charge is 0.329 e. The summed E-state index contributed by atoms with van der Waals surface area (Å²) in [5.41, 5.74) is 0.429. The molecule has 27 heavy (non-hydrogen) atoms. The van der Waals surface area contributed by atoms with Crippen LogP contribution in [0, 0.1) is 23.7 Å². The second-order valence-electron chi connectivity index (χ2n) is 7.65. The van der Waals surface area contributed by atoms with Crippen LogP contribution < -0.4 is 0 Å². The van der Waals surface area contributed by atoms with Crippen molar-refractivity contribution in [1.29, 1.82) is 0 Å². The first-order valence-electron chi connectivity index (χ1n) is 9.20. The summed E-state index contributed by atoms with van der Waals surface area (Å²) in [5, 5.41) is 0. The topological polar surface area (TPSA) is 80.8 Å². The number of nitrogens with zero attached hydrogens (tertiary/aromatic N) is 1. The number of rotatable bonds is 5. The van der Waals surface area contributed by atoms with Crippen LogP contribution in [0.2, 0.25) is 0 Å². The van der Waals surface area contributed by atoms with Gasteiger partial charge in [-0.1, -0.05) is 28.1 Å². The monoisotopic (exact) mass is 433 g/mol. The molecule has 142 valence electrons. The van der Waals surface area contributed by atoms with Crippen molar-refractivity contribution in [3.63, 3.8) is 0 Å². The number of carbonyl (C=O) groups is 4. The fourth-order valence-electron chi connectivity index (χ4n) is 4.90. The molecule has 4 rings (SSSR count). The van der Waals surface area contributed by atoms with Crippen LogP contribution in [0.1, 0.15) is 36.5 Å². The van der Waals surface area contributed by atoms with Gasteiger partial charge in [0, 0.05) is 10.0 Å². The molecule has 7 heteroatoms. The van der Waals surface area contributed by atoms with E-state index in [9.17, 15) is 19.2 Å². The molecule has 1 aromatic carbocycles. The molecule has 5 atom stereocenters. The number of ketones is 1. The van der Waals surface area contributed by atoms with Gasteiger partial charge in [-0.2, -0.15) is 0 Å². The predicted octanol–water partition coefficient (Wildman–Crippen LogP) is 2.59. The highest BCUT2D eigenvalue weighted by Gasteiger charge is 2.62. The number of imide groups is 1. The van der Waals surface area contributed by atoms with Crippen LogP contribution in [0.3, 0.4) is 0 Å². The summed E-state index contributed by atoms with van der Waals surface area (Å²) in [6.07, 6.45) is 2.92. The summed E-state index contributed by atoms with van der Waals surface area (Å²) in [6, 6.07) is 5.72. The molecule has 2 amide bonds. The first-order valence-corrected chi connectivity index (χ1v) is 10.00. The number of Topliss-reactive ketones (excluding diaryl/α,β-unsaturated/α-hetero) is 1. The fourth-order valence-corrected chi connectivity index (χ4v) is 5.16. The molecule has 0 N–H and O–H groups in total.